The van der Waals surface area contributed by atoms with Crippen LogP contribution < -0.4 is 5.32 Å². The van der Waals surface area contributed by atoms with E-state index in [0.717, 1.165) is 6.42 Å². The van der Waals surface area contributed by atoms with Crippen LogP contribution in [0.3, 0.4) is 0 Å². The number of hydrogen-bond acceptors (Lipinski definition) is 3. The highest BCUT2D eigenvalue weighted by atomic mass is 16.2. The second-order valence-electron chi connectivity index (χ2n) is 6.19. The number of carbonyl (C=O) groups is 1. The summed E-state index contributed by atoms with van der Waals surface area (Å²) in [5.41, 5.74) is 2.33. The fraction of sp³-hybridized carbons (Fsp3) is 0.438. The zero-order chi connectivity index (χ0) is 15.5. The maximum atomic E-state index is 12.0. The number of H-pyrrole nitrogens is 1. The van der Waals surface area contributed by atoms with Crippen LogP contribution in [0.4, 0.5) is 0 Å². The summed E-state index contributed by atoms with van der Waals surface area (Å²) in [6.07, 6.45) is 0.801. The number of nitrogens with zero attached hydrogens (tertiary/aromatic N) is 2. The first-order valence-corrected chi connectivity index (χ1v) is 7.13. The summed E-state index contributed by atoms with van der Waals surface area (Å²) in [4.78, 5) is 16.2. The summed E-state index contributed by atoms with van der Waals surface area (Å²) in [6, 6.07) is 8.17. The van der Waals surface area contributed by atoms with E-state index in [0.29, 0.717) is 12.4 Å². The highest BCUT2D eigenvalue weighted by Gasteiger charge is 2.21. The average Bonchev–Trinajstić information content (AvgIpc) is 2.90. The first kappa shape index (κ1) is 15.2. The second-order valence-corrected chi connectivity index (χ2v) is 6.19. The number of aromatic nitrogens is 3. The van der Waals surface area contributed by atoms with Crippen LogP contribution >= 0.6 is 0 Å². The largest absolute Gasteiger partial charge is 0.349 e. The van der Waals surface area contributed by atoms with Gasteiger partial charge in [-0.15, -0.1) is 5.10 Å². The Morgan fingerprint density at radius 1 is 1.29 bits per heavy atom. The number of aryl methyl sites for hydroxylation is 1. The Hall–Kier alpha value is -2.17. The quantitative estimate of drug-likeness (QED) is 0.906. The minimum absolute atomic E-state index is 0.146. The molecule has 21 heavy (non-hydrogen) atoms. The van der Waals surface area contributed by atoms with E-state index < -0.39 is 0 Å². The van der Waals surface area contributed by atoms with Crippen LogP contribution in [0.2, 0.25) is 0 Å². The molecule has 1 heterocycles. The van der Waals surface area contributed by atoms with E-state index in [9.17, 15) is 4.79 Å². The predicted octanol–water partition coefficient (Wildman–Crippen LogP) is 2.38. The molecule has 0 aliphatic heterocycles. The zero-order valence-electron chi connectivity index (χ0n) is 13.0. The standard InChI is InChI=1S/C16H22N4O/c1-11-7-5-6-8-12(11)9-10-17-14(21)13-18-15(20-19-13)16(2,3)4/h5-8H,9-10H2,1-4H3,(H,17,21)(H,18,19,20). The maximum absolute atomic E-state index is 12.0. The SMILES string of the molecule is Cc1ccccc1CCNC(=O)c1n[nH]c(C(C)(C)C)n1. The molecule has 0 bridgehead atoms. The number of hydrogen-bond donors (Lipinski definition) is 2. The highest BCUT2D eigenvalue weighted by molar-refractivity contribution is 5.90. The van der Waals surface area contributed by atoms with E-state index >= 15 is 0 Å². The Labute approximate surface area is 125 Å². The molecule has 2 N–H and O–H groups in total. The van der Waals surface area contributed by atoms with Crippen molar-refractivity contribution in [2.24, 2.45) is 0 Å². The summed E-state index contributed by atoms with van der Waals surface area (Å²) < 4.78 is 0. The van der Waals surface area contributed by atoms with Crippen LogP contribution in [0.25, 0.3) is 0 Å². The topological polar surface area (TPSA) is 70.7 Å². The molecule has 2 rings (SSSR count). The van der Waals surface area contributed by atoms with Gasteiger partial charge in [-0.05, 0) is 24.5 Å². The van der Waals surface area contributed by atoms with E-state index in [4.69, 9.17) is 0 Å². The molecule has 1 amide bonds. The van der Waals surface area contributed by atoms with Crippen LogP contribution in [0.15, 0.2) is 24.3 Å². The molecule has 2 aromatic rings. The van der Waals surface area contributed by atoms with Gasteiger partial charge < -0.3 is 5.32 Å². The third kappa shape index (κ3) is 3.90. The number of rotatable bonds is 4. The Kier molecular flexibility index (Phi) is 4.40. The molecule has 0 aliphatic carbocycles. The Balaban J connectivity index is 1.91. The molecule has 0 atom stereocenters. The first-order valence-electron chi connectivity index (χ1n) is 7.13. The van der Waals surface area contributed by atoms with Crippen LogP contribution in [0, 0.1) is 6.92 Å². The van der Waals surface area contributed by atoms with Gasteiger partial charge in [-0.25, -0.2) is 4.98 Å². The summed E-state index contributed by atoms with van der Waals surface area (Å²) >= 11 is 0. The molecule has 5 nitrogen and oxygen atoms in total. The second kappa shape index (κ2) is 6.08. The van der Waals surface area contributed by atoms with Crippen LogP contribution in [0.1, 0.15) is 48.3 Å². The van der Waals surface area contributed by atoms with E-state index in [-0.39, 0.29) is 17.1 Å². The molecule has 0 spiro atoms. The normalized spacial score (nSPS) is 11.4. The van der Waals surface area contributed by atoms with Gasteiger partial charge >= 0.3 is 0 Å². The van der Waals surface area contributed by atoms with Gasteiger partial charge in [0.1, 0.15) is 5.82 Å². The molecular formula is C16H22N4O. The molecule has 0 saturated carbocycles. The fourth-order valence-corrected chi connectivity index (χ4v) is 1.98. The first-order chi connectivity index (χ1) is 9.88. The summed E-state index contributed by atoms with van der Waals surface area (Å²) in [5.74, 6) is 0.673. The molecule has 0 aliphatic rings. The minimum atomic E-state index is -0.240. The lowest BCUT2D eigenvalue weighted by molar-refractivity contribution is 0.0944. The van der Waals surface area contributed by atoms with Crippen molar-refractivity contribution < 1.29 is 4.79 Å². The van der Waals surface area contributed by atoms with Crippen LogP contribution in [-0.2, 0) is 11.8 Å². The average molecular weight is 286 g/mol. The van der Waals surface area contributed by atoms with Crippen LogP contribution in [0.5, 0.6) is 0 Å². The van der Waals surface area contributed by atoms with Crippen molar-refractivity contribution in [1.82, 2.24) is 20.5 Å². The van der Waals surface area contributed by atoms with Gasteiger partial charge in [0.05, 0.1) is 0 Å². The zero-order valence-corrected chi connectivity index (χ0v) is 13.0. The molecule has 0 radical (unpaired) electrons. The molecule has 1 aromatic carbocycles. The molecule has 5 heteroatoms. The van der Waals surface area contributed by atoms with E-state index in [2.05, 4.69) is 39.6 Å². The third-order valence-electron chi connectivity index (χ3n) is 3.34. The lowest BCUT2D eigenvalue weighted by atomic mass is 9.96. The van der Waals surface area contributed by atoms with Crippen LogP contribution in [-0.4, -0.2) is 27.6 Å². The summed E-state index contributed by atoms with van der Waals surface area (Å²) in [6.45, 7) is 8.71. The fourth-order valence-electron chi connectivity index (χ4n) is 1.98. The molecule has 1 aromatic heterocycles. The van der Waals surface area contributed by atoms with Gasteiger partial charge in [-0.2, -0.15) is 0 Å². The molecule has 0 saturated heterocycles. The van der Waals surface area contributed by atoms with Gasteiger partial charge in [0.2, 0.25) is 5.82 Å². The lowest BCUT2D eigenvalue weighted by Crippen LogP contribution is -2.27. The van der Waals surface area contributed by atoms with Crippen molar-refractivity contribution in [3.8, 4) is 0 Å². The molecule has 0 unspecified atom stereocenters. The Morgan fingerprint density at radius 2 is 2.00 bits per heavy atom. The smallest absolute Gasteiger partial charge is 0.290 e. The summed E-state index contributed by atoms with van der Waals surface area (Å²) in [5, 5.41) is 9.66. The van der Waals surface area contributed by atoms with Crippen molar-refractivity contribution >= 4 is 5.91 Å². The Bertz CT molecular complexity index is 625. The van der Waals surface area contributed by atoms with Gasteiger partial charge in [-0.1, -0.05) is 45.0 Å². The third-order valence-corrected chi connectivity index (χ3v) is 3.34. The lowest BCUT2D eigenvalue weighted by Gasteiger charge is -2.12. The van der Waals surface area contributed by atoms with E-state index in [1.165, 1.54) is 11.1 Å². The molecule has 112 valence electrons. The van der Waals surface area contributed by atoms with E-state index in [1.54, 1.807) is 0 Å². The van der Waals surface area contributed by atoms with Gasteiger partial charge in [0, 0.05) is 12.0 Å². The van der Waals surface area contributed by atoms with Crippen molar-refractivity contribution in [3.05, 3.63) is 47.0 Å². The number of carbonyl (C=O) groups excluding carboxylic acids is 1. The van der Waals surface area contributed by atoms with Crippen molar-refractivity contribution in [2.75, 3.05) is 6.54 Å². The van der Waals surface area contributed by atoms with Crippen molar-refractivity contribution in [1.29, 1.82) is 0 Å². The van der Waals surface area contributed by atoms with Gasteiger partial charge in [-0.3, -0.25) is 9.89 Å². The van der Waals surface area contributed by atoms with Crippen molar-refractivity contribution in [2.45, 2.75) is 39.5 Å². The Morgan fingerprint density at radius 3 is 2.62 bits per heavy atom. The number of aromatic amines is 1. The summed E-state index contributed by atoms with van der Waals surface area (Å²) in [7, 11) is 0. The van der Waals surface area contributed by atoms with Crippen molar-refractivity contribution in [3.63, 3.8) is 0 Å². The highest BCUT2D eigenvalue weighted by Crippen LogP contribution is 2.17. The maximum Gasteiger partial charge on any atom is 0.290 e. The monoisotopic (exact) mass is 286 g/mol. The van der Waals surface area contributed by atoms with Gasteiger partial charge in [0.25, 0.3) is 5.91 Å². The predicted molar refractivity (Wildman–Crippen MR) is 82.3 cm³/mol. The van der Waals surface area contributed by atoms with Gasteiger partial charge in [0.15, 0.2) is 0 Å². The molecule has 0 fully saturated rings. The van der Waals surface area contributed by atoms with E-state index in [1.807, 2.05) is 32.9 Å². The number of benzene rings is 1. The molecular weight excluding hydrogens is 264 g/mol. The number of nitrogens with one attached hydrogen (secondary N) is 2. The number of amides is 1. The minimum Gasteiger partial charge on any atom is -0.349 e.